The standard InChI is InChI=1S/C25H26F6N4O4/c1-39-23(38)16-7-5-15(6-8-16)18(13-36)34-22(37)19(20(32)25(29,30)31)21-33-9-10-35(21)12-14-3-2-4-17(11-14)24(26,27)28/h2-8,11,18-19,21,32-33,36H,9-10,12-13H2,1H3,(H,34,37). The Hall–Kier alpha value is -3.49. The highest BCUT2D eigenvalue weighted by molar-refractivity contribution is 6.06. The van der Waals surface area contributed by atoms with Gasteiger partial charge in [0.25, 0.3) is 0 Å². The Morgan fingerprint density at radius 1 is 1.15 bits per heavy atom. The number of benzene rings is 2. The number of rotatable bonds is 9. The molecule has 0 aromatic heterocycles. The van der Waals surface area contributed by atoms with Gasteiger partial charge in [-0.05, 0) is 29.3 Å². The summed E-state index contributed by atoms with van der Waals surface area (Å²) in [5.41, 5.74) is -2.18. The quantitative estimate of drug-likeness (QED) is 0.213. The molecule has 3 atom stereocenters. The van der Waals surface area contributed by atoms with Crippen LogP contribution in [0.25, 0.3) is 0 Å². The lowest BCUT2D eigenvalue weighted by atomic mass is 9.95. The molecule has 3 rings (SSSR count). The zero-order valence-electron chi connectivity index (χ0n) is 20.6. The van der Waals surface area contributed by atoms with Crippen LogP contribution in [0.3, 0.4) is 0 Å². The molecule has 0 aliphatic carbocycles. The number of amides is 1. The molecule has 14 heteroatoms. The first-order chi connectivity index (χ1) is 18.3. The van der Waals surface area contributed by atoms with Gasteiger partial charge in [0.1, 0.15) is 11.6 Å². The number of hydrogen-bond donors (Lipinski definition) is 4. The van der Waals surface area contributed by atoms with Gasteiger partial charge in [-0.15, -0.1) is 0 Å². The van der Waals surface area contributed by atoms with Gasteiger partial charge in [-0.2, -0.15) is 26.3 Å². The molecule has 2 aromatic rings. The Morgan fingerprint density at radius 3 is 2.38 bits per heavy atom. The van der Waals surface area contributed by atoms with E-state index in [0.717, 1.165) is 12.1 Å². The van der Waals surface area contributed by atoms with E-state index in [1.54, 1.807) is 0 Å². The maximum atomic E-state index is 13.7. The number of nitrogens with one attached hydrogen (secondary N) is 3. The van der Waals surface area contributed by atoms with Crippen LogP contribution in [-0.2, 0) is 22.3 Å². The monoisotopic (exact) mass is 560 g/mol. The minimum Gasteiger partial charge on any atom is -0.465 e. The molecule has 0 saturated carbocycles. The van der Waals surface area contributed by atoms with Gasteiger partial charge in [-0.25, -0.2) is 4.79 Å². The largest absolute Gasteiger partial charge is 0.465 e. The van der Waals surface area contributed by atoms with Crippen molar-refractivity contribution in [1.29, 1.82) is 5.41 Å². The lowest BCUT2D eigenvalue weighted by Crippen LogP contribution is -2.55. The summed E-state index contributed by atoms with van der Waals surface area (Å²) in [5, 5.41) is 22.7. The highest BCUT2D eigenvalue weighted by atomic mass is 19.4. The predicted molar refractivity (Wildman–Crippen MR) is 127 cm³/mol. The van der Waals surface area contributed by atoms with Gasteiger partial charge in [0, 0.05) is 19.6 Å². The van der Waals surface area contributed by atoms with Crippen LogP contribution in [0.5, 0.6) is 0 Å². The van der Waals surface area contributed by atoms with Crippen LogP contribution >= 0.6 is 0 Å². The van der Waals surface area contributed by atoms with Crippen LogP contribution in [0.1, 0.15) is 33.1 Å². The summed E-state index contributed by atoms with van der Waals surface area (Å²) in [6.07, 6.45) is -11.2. The molecule has 1 fully saturated rings. The first-order valence-corrected chi connectivity index (χ1v) is 11.6. The molecule has 212 valence electrons. The van der Waals surface area contributed by atoms with Crippen molar-refractivity contribution in [3.05, 3.63) is 70.8 Å². The van der Waals surface area contributed by atoms with Gasteiger partial charge < -0.3 is 15.2 Å². The Labute approximate surface area is 219 Å². The van der Waals surface area contributed by atoms with E-state index < -0.39 is 60.2 Å². The third-order valence-electron chi connectivity index (χ3n) is 6.23. The number of hydrogen-bond acceptors (Lipinski definition) is 7. The molecule has 1 saturated heterocycles. The van der Waals surface area contributed by atoms with Gasteiger partial charge in [0.2, 0.25) is 5.91 Å². The van der Waals surface area contributed by atoms with E-state index in [-0.39, 0.29) is 36.3 Å². The highest BCUT2D eigenvalue weighted by Gasteiger charge is 2.49. The predicted octanol–water partition coefficient (Wildman–Crippen LogP) is 3.27. The average Bonchev–Trinajstić information content (AvgIpc) is 3.33. The number of carbonyl (C=O) groups is 2. The summed E-state index contributed by atoms with van der Waals surface area (Å²) in [6.45, 7) is -0.693. The maximum Gasteiger partial charge on any atom is 0.429 e. The fraction of sp³-hybridized carbons (Fsp3) is 0.400. The summed E-state index contributed by atoms with van der Waals surface area (Å²) in [4.78, 5) is 26.2. The summed E-state index contributed by atoms with van der Waals surface area (Å²) in [7, 11) is 1.18. The number of esters is 1. The van der Waals surface area contributed by atoms with Gasteiger partial charge in [-0.3, -0.25) is 20.4 Å². The molecule has 3 unspecified atom stereocenters. The number of halogens is 6. The van der Waals surface area contributed by atoms with E-state index >= 15 is 0 Å². The van der Waals surface area contributed by atoms with Crippen LogP contribution in [0.15, 0.2) is 48.5 Å². The number of aliphatic hydroxyl groups excluding tert-OH is 1. The summed E-state index contributed by atoms with van der Waals surface area (Å²) >= 11 is 0. The molecule has 0 radical (unpaired) electrons. The van der Waals surface area contributed by atoms with E-state index in [1.807, 2.05) is 0 Å². The number of carbonyl (C=O) groups excluding carboxylic acids is 2. The molecular weight excluding hydrogens is 534 g/mol. The van der Waals surface area contributed by atoms with Crippen molar-refractivity contribution in [2.24, 2.45) is 5.92 Å². The van der Waals surface area contributed by atoms with Crippen molar-refractivity contribution in [1.82, 2.24) is 15.5 Å². The van der Waals surface area contributed by atoms with Gasteiger partial charge in [0.05, 0.1) is 37.1 Å². The molecule has 0 bridgehead atoms. The fourth-order valence-electron chi connectivity index (χ4n) is 4.28. The Bertz CT molecular complexity index is 1190. The second kappa shape index (κ2) is 12.1. The zero-order chi connectivity index (χ0) is 29.0. The highest BCUT2D eigenvalue weighted by Crippen LogP contribution is 2.31. The second-order valence-corrected chi connectivity index (χ2v) is 8.81. The molecule has 0 spiro atoms. The number of alkyl halides is 6. The van der Waals surface area contributed by atoms with Crippen LogP contribution in [0.4, 0.5) is 26.3 Å². The van der Waals surface area contributed by atoms with Crippen LogP contribution in [0.2, 0.25) is 0 Å². The van der Waals surface area contributed by atoms with Crippen LogP contribution in [-0.4, -0.2) is 66.7 Å². The summed E-state index contributed by atoms with van der Waals surface area (Å²) < 4.78 is 85.0. The van der Waals surface area contributed by atoms with E-state index in [1.165, 1.54) is 48.4 Å². The first kappa shape index (κ1) is 30.1. The van der Waals surface area contributed by atoms with E-state index in [0.29, 0.717) is 0 Å². The maximum absolute atomic E-state index is 13.7. The van der Waals surface area contributed by atoms with Crippen molar-refractivity contribution < 1.29 is 45.8 Å². The third-order valence-corrected chi connectivity index (χ3v) is 6.23. The minimum atomic E-state index is -5.18. The van der Waals surface area contributed by atoms with Crippen LogP contribution < -0.4 is 10.6 Å². The van der Waals surface area contributed by atoms with Crippen molar-refractivity contribution in [3.8, 4) is 0 Å². The molecule has 1 heterocycles. The van der Waals surface area contributed by atoms with Crippen molar-refractivity contribution in [2.45, 2.75) is 31.1 Å². The number of methoxy groups -OCH3 is 1. The molecule has 1 aliphatic rings. The van der Waals surface area contributed by atoms with E-state index in [9.17, 15) is 41.0 Å². The molecule has 4 N–H and O–H groups in total. The topological polar surface area (TPSA) is 115 Å². The Kier molecular flexibility index (Phi) is 9.35. The Morgan fingerprint density at radius 2 is 1.82 bits per heavy atom. The molecular formula is C25H26F6N4O4. The number of aliphatic hydroxyl groups is 1. The van der Waals surface area contributed by atoms with Gasteiger partial charge in [0.15, 0.2) is 0 Å². The lowest BCUT2D eigenvalue weighted by molar-refractivity contribution is -0.137. The molecule has 2 aromatic carbocycles. The fourth-order valence-corrected chi connectivity index (χ4v) is 4.28. The molecule has 39 heavy (non-hydrogen) atoms. The van der Waals surface area contributed by atoms with E-state index in [4.69, 9.17) is 5.41 Å². The molecule has 1 aliphatic heterocycles. The van der Waals surface area contributed by atoms with E-state index in [2.05, 4.69) is 15.4 Å². The zero-order valence-corrected chi connectivity index (χ0v) is 20.6. The lowest BCUT2D eigenvalue weighted by Gasteiger charge is -2.32. The Balaban J connectivity index is 1.86. The van der Waals surface area contributed by atoms with Gasteiger partial charge in [-0.1, -0.05) is 30.3 Å². The first-order valence-electron chi connectivity index (χ1n) is 11.6. The van der Waals surface area contributed by atoms with Gasteiger partial charge >= 0.3 is 18.3 Å². The van der Waals surface area contributed by atoms with Crippen molar-refractivity contribution in [2.75, 3.05) is 26.8 Å². The molecule has 8 nitrogen and oxygen atoms in total. The van der Waals surface area contributed by atoms with Crippen molar-refractivity contribution in [3.63, 3.8) is 0 Å². The summed E-state index contributed by atoms with van der Waals surface area (Å²) in [6, 6.07) is 8.58. The SMILES string of the molecule is COC(=O)c1ccc(C(CO)NC(=O)C(C(=N)C(F)(F)F)C2NCCN2Cc2cccc(C(F)(F)F)c2)cc1. The third kappa shape index (κ3) is 7.34. The molecule has 1 amide bonds. The van der Waals surface area contributed by atoms with Crippen LogP contribution in [0, 0.1) is 11.3 Å². The normalized spacial score (nSPS) is 17.9. The van der Waals surface area contributed by atoms with Crippen molar-refractivity contribution >= 4 is 17.6 Å². The number of nitrogens with zero attached hydrogens (tertiary/aromatic N) is 1. The minimum absolute atomic E-state index is 0.105. The summed E-state index contributed by atoms with van der Waals surface area (Å²) in [5.74, 6) is -3.97. The number of ether oxygens (including phenoxy) is 1. The second-order valence-electron chi connectivity index (χ2n) is 8.81. The average molecular weight is 560 g/mol. The smallest absolute Gasteiger partial charge is 0.429 e.